The molecule has 19 heavy (non-hydrogen) atoms. The van der Waals surface area contributed by atoms with Gasteiger partial charge in [0, 0.05) is 29.7 Å². The molecular weight excluding hydrogens is 312 g/mol. The lowest BCUT2D eigenvalue weighted by Crippen LogP contribution is -2.17. The van der Waals surface area contributed by atoms with E-state index < -0.39 is 0 Å². The summed E-state index contributed by atoms with van der Waals surface area (Å²) in [6, 6.07) is 6.91. The molecule has 1 heterocycles. The SMILES string of the molecule is Cc1occc1CN(C)c1ccc(Br)cc1[N+](=O)[O-]. The van der Waals surface area contributed by atoms with E-state index in [-0.39, 0.29) is 10.6 Å². The molecule has 0 aliphatic heterocycles. The van der Waals surface area contributed by atoms with Crippen LogP contribution in [0.3, 0.4) is 0 Å². The molecule has 0 radical (unpaired) electrons. The van der Waals surface area contributed by atoms with Crippen LogP contribution >= 0.6 is 15.9 Å². The summed E-state index contributed by atoms with van der Waals surface area (Å²) in [6.07, 6.45) is 1.62. The van der Waals surface area contributed by atoms with E-state index in [2.05, 4.69) is 15.9 Å². The number of rotatable bonds is 4. The van der Waals surface area contributed by atoms with E-state index in [0.29, 0.717) is 16.7 Å². The Morgan fingerprint density at radius 2 is 2.16 bits per heavy atom. The molecule has 6 heteroatoms. The molecule has 0 N–H and O–H groups in total. The Kier molecular flexibility index (Phi) is 3.90. The predicted molar refractivity (Wildman–Crippen MR) is 76.3 cm³/mol. The van der Waals surface area contributed by atoms with Crippen molar-refractivity contribution in [3.8, 4) is 0 Å². The van der Waals surface area contributed by atoms with Crippen molar-refractivity contribution in [3.05, 3.63) is 56.4 Å². The van der Waals surface area contributed by atoms with Gasteiger partial charge < -0.3 is 9.32 Å². The first-order valence-corrected chi connectivity index (χ1v) is 6.46. The van der Waals surface area contributed by atoms with Gasteiger partial charge in [0.1, 0.15) is 11.4 Å². The molecule has 0 aliphatic rings. The van der Waals surface area contributed by atoms with Crippen LogP contribution in [0.1, 0.15) is 11.3 Å². The van der Waals surface area contributed by atoms with E-state index in [1.54, 1.807) is 18.4 Å². The highest BCUT2D eigenvalue weighted by Crippen LogP contribution is 2.31. The summed E-state index contributed by atoms with van der Waals surface area (Å²) in [5.41, 5.74) is 1.67. The highest BCUT2D eigenvalue weighted by molar-refractivity contribution is 9.10. The maximum atomic E-state index is 11.1. The molecule has 1 aromatic heterocycles. The first kappa shape index (κ1) is 13.6. The summed E-state index contributed by atoms with van der Waals surface area (Å²) in [4.78, 5) is 12.5. The number of halogens is 1. The number of benzene rings is 1. The molecule has 1 aromatic carbocycles. The first-order chi connectivity index (χ1) is 8.99. The summed E-state index contributed by atoms with van der Waals surface area (Å²) in [5, 5.41) is 11.1. The van der Waals surface area contributed by atoms with Crippen LogP contribution in [-0.4, -0.2) is 12.0 Å². The van der Waals surface area contributed by atoms with Crippen LogP contribution < -0.4 is 4.90 Å². The van der Waals surface area contributed by atoms with Gasteiger partial charge in [-0.1, -0.05) is 15.9 Å². The van der Waals surface area contributed by atoms with Gasteiger partial charge >= 0.3 is 0 Å². The molecule has 2 aromatic rings. The van der Waals surface area contributed by atoms with Crippen molar-refractivity contribution < 1.29 is 9.34 Å². The zero-order valence-electron chi connectivity index (χ0n) is 10.6. The van der Waals surface area contributed by atoms with E-state index in [4.69, 9.17) is 4.42 Å². The second kappa shape index (κ2) is 5.44. The van der Waals surface area contributed by atoms with E-state index in [0.717, 1.165) is 11.3 Å². The minimum absolute atomic E-state index is 0.0815. The molecule has 0 amide bonds. The summed E-state index contributed by atoms with van der Waals surface area (Å²) in [6.45, 7) is 2.43. The number of furan rings is 1. The van der Waals surface area contributed by atoms with Gasteiger partial charge in [-0.15, -0.1) is 0 Å². The number of hydrogen-bond acceptors (Lipinski definition) is 4. The summed E-state index contributed by atoms with van der Waals surface area (Å²) < 4.78 is 5.92. The van der Waals surface area contributed by atoms with Gasteiger partial charge in [0.15, 0.2) is 0 Å². The summed E-state index contributed by atoms with van der Waals surface area (Å²) in [5.74, 6) is 0.826. The van der Waals surface area contributed by atoms with E-state index in [9.17, 15) is 10.1 Å². The normalized spacial score (nSPS) is 10.5. The van der Waals surface area contributed by atoms with Crippen molar-refractivity contribution in [2.75, 3.05) is 11.9 Å². The number of aryl methyl sites for hydroxylation is 1. The fourth-order valence-electron chi connectivity index (χ4n) is 1.88. The Bertz CT molecular complexity index is 610. The van der Waals surface area contributed by atoms with Gasteiger partial charge in [-0.25, -0.2) is 0 Å². The second-order valence-corrected chi connectivity index (χ2v) is 5.16. The molecule has 2 rings (SSSR count). The number of hydrogen-bond donors (Lipinski definition) is 0. The molecule has 0 unspecified atom stereocenters. The zero-order chi connectivity index (χ0) is 14.0. The maximum absolute atomic E-state index is 11.1. The van der Waals surface area contributed by atoms with Crippen LogP contribution in [0.25, 0.3) is 0 Å². The largest absolute Gasteiger partial charge is 0.469 e. The van der Waals surface area contributed by atoms with Crippen molar-refractivity contribution in [3.63, 3.8) is 0 Å². The van der Waals surface area contributed by atoms with Gasteiger partial charge in [-0.05, 0) is 25.1 Å². The molecule has 0 fully saturated rings. The molecular formula is C13H13BrN2O3. The first-order valence-electron chi connectivity index (χ1n) is 5.67. The van der Waals surface area contributed by atoms with Crippen molar-refractivity contribution in [1.82, 2.24) is 0 Å². The topological polar surface area (TPSA) is 59.5 Å². The third kappa shape index (κ3) is 2.96. The second-order valence-electron chi connectivity index (χ2n) is 4.25. The molecule has 0 aliphatic carbocycles. The number of nitro groups is 1. The van der Waals surface area contributed by atoms with Crippen LogP contribution in [0.15, 0.2) is 39.4 Å². The number of anilines is 1. The smallest absolute Gasteiger partial charge is 0.293 e. The van der Waals surface area contributed by atoms with Crippen LogP contribution in [0.4, 0.5) is 11.4 Å². The monoisotopic (exact) mass is 324 g/mol. The number of nitrogens with zero attached hydrogens (tertiary/aromatic N) is 2. The average molecular weight is 325 g/mol. The highest BCUT2D eigenvalue weighted by Gasteiger charge is 2.18. The molecule has 0 spiro atoms. The third-order valence-electron chi connectivity index (χ3n) is 2.92. The summed E-state index contributed by atoms with van der Waals surface area (Å²) in [7, 11) is 1.82. The van der Waals surface area contributed by atoms with Gasteiger partial charge in [-0.2, -0.15) is 0 Å². The minimum atomic E-state index is -0.376. The third-order valence-corrected chi connectivity index (χ3v) is 3.41. The van der Waals surface area contributed by atoms with Crippen LogP contribution in [-0.2, 0) is 6.54 Å². The Hall–Kier alpha value is -1.82. The standard InChI is InChI=1S/C13H13BrN2O3/c1-9-10(5-6-19-9)8-15(2)12-4-3-11(14)7-13(12)16(17)18/h3-7H,8H2,1-2H3. The average Bonchev–Trinajstić information content (AvgIpc) is 2.74. The van der Waals surface area contributed by atoms with Gasteiger partial charge in [0.05, 0.1) is 11.2 Å². The van der Waals surface area contributed by atoms with Crippen molar-refractivity contribution in [1.29, 1.82) is 0 Å². The lowest BCUT2D eigenvalue weighted by atomic mass is 10.2. The van der Waals surface area contributed by atoms with Crippen molar-refractivity contribution in [2.24, 2.45) is 0 Å². The lowest BCUT2D eigenvalue weighted by molar-refractivity contribution is -0.384. The Labute approximate surface area is 119 Å². The van der Waals surface area contributed by atoms with Gasteiger partial charge in [0.2, 0.25) is 0 Å². The quantitative estimate of drug-likeness (QED) is 0.632. The molecule has 100 valence electrons. The van der Waals surface area contributed by atoms with E-state index in [1.807, 2.05) is 24.9 Å². The predicted octanol–water partition coefficient (Wildman–Crippen LogP) is 3.90. The van der Waals surface area contributed by atoms with Crippen LogP contribution in [0.5, 0.6) is 0 Å². The Morgan fingerprint density at radius 1 is 1.42 bits per heavy atom. The molecule has 0 saturated heterocycles. The van der Waals surface area contributed by atoms with E-state index >= 15 is 0 Å². The summed E-state index contributed by atoms with van der Waals surface area (Å²) >= 11 is 3.25. The molecule has 0 bridgehead atoms. The van der Waals surface area contributed by atoms with Gasteiger partial charge in [-0.3, -0.25) is 10.1 Å². The van der Waals surface area contributed by atoms with Crippen LogP contribution in [0.2, 0.25) is 0 Å². The minimum Gasteiger partial charge on any atom is -0.469 e. The van der Waals surface area contributed by atoms with Crippen molar-refractivity contribution >= 4 is 27.3 Å². The molecule has 0 saturated carbocycles. The number of nitro benzene ring substituents is 1. The van der Waals surface area contributed by atoms with Crippen molar-refractivity contribution in [2.45, 2.75) is 13.5 Å². The lowest BCUT2D eigenvalue weighted by Gasteiger charge is -2.18. The highest BCUT2D eigenvalue weighted by atomic mass is 79.9. The molecule has 5 nitrogen and oxygen atoms in total. The fraction of sp³-hybridized carbons (Fsp3) is 0.231. The van der Waals surface area contributed by atoms with Crippen LogP contribution in [0, 0.1) is 17.0 Å². The molecule has 0 atom stereocenters. The Balaban J connectivity index is 2.31. The zero-order valence-corrected chi connectivity index (χ0v) is 12.2. The van der Waals surface area contributed by atoms with Gasteiger partial charge in [0.25, 0.3) is 5.69 Å². The fourth-order valence-corrected chi connectivity index (χ4v) is 2.23. The Morgan fingerprint density at radius 3 is 2.74 bits per heavy atom. The van der Waals surface area contributed by atoms with E-state index in [1.165, 1.54) is 6.07 Å². The maximum Gasteiger partial charge on any atom is 0.293 e.